The van der Waals surface area contributed by atoms with Crippen molar-refractivity contribution in [3.63, 3.8) is 0 Å². The molecular formula is C22H30O5. The van der Waals surface area contributed by atoms with Gasteiger partial charge in [0.25, 0.3) is 0 Å². The smallest absolute Gasteiger partial charge is 0.333 e. The van der Waals surface area contributed by atoms with Gasteiger partial charge in [-0.05, 0) is 56.1 Å². The predicted molar refractivity (Wildman–Crippen MR) is 101 cm³/mol. The fourth-order valence-corrected chi connectivity index (χ4v) is 4.75. The largest absolute Gasteiger partial charge is 0.469 e. The van der Waals surface area contributed by atoms with E-state index in [1.54, 1.807) is 13.0 Å². The molecule has 0 aliphatic heterocycles. The molecule has 0 bridgehead atoms. The normalized spacial score (nSPS) is 33.0. The third-order valence-corrected chi connectivity index (χ3v) is 6.84. The first-order valence-electron chi connectivity index (χ1n) is 9.74. The molecular weight excluding hydrogens is 344 g/mol. The Morgan fingerprint density at radius 2 is 2.00 bits per heavy atom. The lowest BCUT2D eigenvalue weighted by Gasteiger charge is -2.53. The van der Waals surface area contributed by atoms with Crippen LogP contribution in [-0.4, -0.2) is 24.1 Å². The number of allylic oxidation sites excluding steroid dienone is 1. The van der Waals surface area contributed by atoms with Crippen LogP contribution in [0.3, 0.4) is 0 Å². The SMILES string of the molecule is CC=C(C)C(=O)O[C@H]1[C@@H](OC(C)=O)C[C@@H]2Cc3occ(C)c3C[C@]2(C)[C@H]1C. The summed E-state index contributed by atoms with van der Waals surface area (Å²) < 4.78 is 17.3. The molecule has 5 nitrogen and oxygen atoms in total. The van der Waals surface area contributed by atoms with Crippen molar-refractivity contribution in [1.82, 2.24) is 0 Å². The van der Waals surface area contributed by atoms with Crippen molar-refractivity contribution in [3.05, 3.63) is 34.8 Å². The summed E-state index contributed by atoms with van der Waals surface area (Å²) in [6, 6.07) is 0. The van der Waals surface area contributed by atoms with Gasteiger partial charge in [-0.3, -0.25) is 4.79 Å². The van der Waals surface area contributed by atoms with E-state index in [4.69, 9.17) is 13.9 Å². The summed E-state index contributed by atoms with van der Waals surface area (Å²) in [6.45, 7) is 11.4. The van der Waals surface area contributed by atoms with Gasteiger partial charge in [-0.1, -0.05) is 19.9 Å². The zero-order chi connectivity index (χ0) is 19.9. The minimum Gasteiger partial charge on any atom is -0.469 e. The van der Waals surface area contributed by atoms with Gasteiger partial charge in [-0.15, -0.1) is 0 Å². The zero-order valence-electron chi connectivity index (χ0n) is 17.1. The van der Waals surface area contributed by atoms with E-state index in [2.05, 4.69) is 20.8 Å². The molecule has 0 amide bonds. The zero-order valence-corrected chi connectivity index (χ0v) is 17.1. The molecule has 3 rings (SSSR count). The summed E-state index contributed by atoms with van der Waals surface area (Å²) in [7, 11) is 0. The van der Waals surface area contributed by atoms with E-state index >= 15 is 0 Å². The first-order valence-corrected chi connectivity index (χ1v) is 9.74. The first-order chi connectivity index (χ1) is 12.7. The van der Waals surface area contributed by atoms with E-state index in [0.29, 0.717) is 17.9 Å². The summed E-state index contributed by atoms with van der Waals surface area (Å²) >= 11 is 0. The lowest BCUT2D eigenvalue weighted by Crippen LogP contribution is -2.56. The Hall–Kier alpha value is -2.04. The van der Waals surface area contributed by atoms with E-state index in [0.717, 1.165) is 18.6 Å². The van der Waals surface area contributed by atoms with Crippen LogP contribution in [0.15, 0.2) is 22.3 Å². The summed E-state index contributed by atoms with van der Waals surface area (Å²) in [5, 5.41) is 0. The molecule has 1 aromatic rings. The maximum atomic E-state index is 12.4. The number of hydrogen-bond donors (Lipinski definition) is 0. The highest BCUT2D eigenvalue weighted by atomic mass is 16.6. The number of fused-ring (bicyclic) bond motifs is 2. The number of carbonyl (C=O) groups is 2. The maximum absolute atomic E-state index is 12.4. The molecule has 27 heavy (non-hydrogen) atoms. The molecule has 0 aromatic carbocycles. The van der Waals surface area contributed by atoms with Crippen molar-refractivity contribution in [1.29, 1.82) is 0 Å². The molecule has 1 fully saturated rings. The van der Waals surface area contributed by atoms with Gasteiger partial charge in [-0.2, -0.15) is 0 Å². The highest BCUT2D eigenvalue weighted by Gasteiger charge is 2.55. The Bertz CT molecular complexity index is 774. The van der Waals surface area contributed by atoms with Crippen LogP contribution in [0.4, 0.5) is 0 Å². The van der Waals surface area contributed by atoms with Crippen LogP contribution in [0, 0.1) is 24.2 Å². The molecule has 0 saturated heterocycles. The molecule has 0 unspecified atom stereocenters. The van der Waals surface area contributed by atoms with Crippen LogP contribution in [-0.2, 0) is 31.9 Å². The number of hydrogen-bond acceptors (Lipinski definition) is 5. The number of furan rings is 1. The second kappa shape index (κ2) is 7.17. The number of aryl methyl sites for hydroxylation is 1. The minimum atomic E-state index is -0.452. The molecule has 148 valence electrons. The average Bonchev–Trinajstić information content (AvgIpc) is 2.96. The van der Waals surface area contributed by atoms with Gasteiger partial charge < -0.3 is 13.9 Å². The van der Waals surface area contributed by atoms with Gasteiger partial charge in [0.1, 0.15) is 18.0 Å². The molecule has 2 aliphatic rings. The average molecular weight is 374 g/mol. The Morgan fingerprint density at radius 1 is 1.30 bits per heavy atom. The number of rotatable bonds is 3. The Morgan fingerprint density at radius 3 is 2.63 bits per heavy atom. The van der Waals surface area contributed by atoms with Crippen molar-refractivity contribution < 1.29 is 23.5 Å². The first kappa shape index (κ1) is 19.7. The van der Waals surface area contributed by atoms with E-state index in [-0.39, 0.29) is 23.3 Å². The number of ether oxygens (including phenoxy) is 2. The molecule has 1 heterocycles. The molecule has 1 aromatic heterocycles. The van der Waals surface area contributed by atoms with Gasteiger partial charge in [0.2, 0.25) is 0 Å². The number of esters is 2. The Labute approximate surface area is 161 Å². The second-order valence-electron chi connectivity index (χ2n) is 8.42. The quantitative estimate of drug-likeness (QED) is 0.587. The third-order valence-electron chi connectivity index (χ3n) is 6.84. The summed E-state index contributed by atoms with van der Waals surface area (Å²) in [6.07, 6.45) is 5.08. The molecule has 5 heteroatoms. The molecule has 0 radical (unpaired) electrons. The fourth-order valence-electron chi connectivity index (χ4n) is 4.75. The van der Waals surface area contributed by atoms with E-state index in [9.17, 15) is 9.59 Å². The lowest BCUT2D eigenvalue weighted by molar-refractivity contribution is -0.189. The summed E-state index contributed by atoms with van der Waals surface area (Å²) in [4.78, 5) is 24.1. The van der Waals surface area contributed by atoms with Crippen molar-refractivity contribution in [2.75, 3.05) is 0 Å². The maximum Gasteiger partial charge on any atom is 0.333 e. The van der Waals surface area contributed by atoms with Crippen LogP contribution in [0.1, 0.15) is 57.9 Å². The number of carbonyl (C=O) groups excluding carboxylic acids is 2. The highest BCUT2D eigenvalue weighted by Crippen LogP contribution is 2.54. The van der Waals surface area contributed by atoms with Crippen LogP contribution >= 0.6 is 0 Å². The van der Waals surface area contributed by atoms with Gasteiger partial charge in [0.15, 0.2) is 0 Å². The van der Waals surface area contributed by atoms with E-state index < -0.39 is 12.2 Å². The van der Waals surface area contributed by atoms with Gasteiger partial charge >= 0.3 is 11.9 Å². The Kier molecular flexibility index (Phi) is 5.24. The van der Waals surface area contributed by atoms with Crippen LogP contribution in [0.5, 0.6) is 0 Å². The Balaban J connectivity index is 1.94. The molecule has 1 saturated carbocycles. The van der Waals surface area contributed by atoms with Crippen LogP contribution in [0.2, 0.25) is 0 Å². The molecule has 0 N–H and O–H groups in total. The van der Waals surface area contributed by atoms with Crippen molar-refractivity contribution in [3.8, 4) is 0 Å². The fraction of sp³-hybridized carbons (Fsp3) is 0.636. The summed E-state index contributed by atoms with van der Waals surface area (Å²) in [5.41, 5.74) is 2.97. The van der Waals surface area contributed by atoms with Crippen molar-refractivity contribution in [2.24, 2.45) is 17.3 Å². The van der Waals surface area contributed by atoms with E-state index in [1.807, 2.05) is 13.2 Å². The third kappa shape index (κ3) is 3.44. The van der Waals surface area contributed by atoms with Crippen LogP contribution < -0.4 is 0 Å². The second-order valence-corrected chi connectivity index (χ2v) is 8.42. The topological polar surface area (TPSA) is 65.7 Å². The minimum absolute atomic E-state index is 0.0485. The van der Waals surface area contributed by atoms with E-state index in [1.165, 1.54) is 18.1 Å². The molecule has 2 aliphatic carbocycles. The lowest BCUT2D eigenvalue weighted by atomic mass is 9.54. The highest BCUT2D eigenvalue weighted by molar-refractivity contribution is 5.87. The van der Waals surface area contributed by atoms with Gasteiger partial charge in [0.05, 0.1) is 6.26 Å². The summed E-state index contributed by atoms with van der Waals surface area (Å²) in [5.74, 6) is 0.725. The van der Waals surface area contributed by atoms with Crippen LogP contribution in [0.25, 0.3) is 0 Å². The van der Waals surface area contributed by atoms with Gasteiger partial charge in [-0.25, -0.2) is 4.79 Å². The molecule has 0 spiro atoms. The molecule has 5 atom stereocenters. The predicted octanol–water partition coefficient (Wildman–Crippen LogP) is 4.16. The van der Waals surface area contributed by atoms with Crippen molar-refractivity contribution in [2.45, 2.75) is 73.0 Å². The standard InChI is InChI=1S/C22H30O5/c1-7-12(2)21(24)27-20-14(4)22(6)10-17-13(3)11-25-18(17)8-16(22)9-19(20)26-15(5)23/h7,11,14,16,19-20H,8-10H2,1-6H3/t14-,16-,19-,20+,22+/m0/s1. The van der Waals surface area contributed by atoms with Crippen molar-refractivity contribution >= 4 is 11.9 Å². The van der Waals surface area contributed by atoms with Gasteiger partial charge in [0, 0.05) is 24.8 Å². The monoisotopic (exact) mass is 374 g/mol.